The van der Waals surface area contributed by atoms with Crippen molar-refractivity contribution in [3.63, 3.8) is 0 Å². The number of methoxy groups -OCH3 is 1. The first-order chi connectivity index (χ1) is 8.76. The number of benzene rings is 1. The van der Waals surface area contributed by atoms with E-state index >= 15 is 0 Å². The van der Waals surface area contributed by atoms with Crippen LogP contribution in [-0.4, -0.2) is 13.2 Å². The van der Waals surface area contributed by atoms with Gasteiger partial charge in [-0.15, -0.1) is 0 Å². The van der Waals surface area contributed by atoms with Gasteiger partial charge in [-0.05, 0) is 25.3 Å². The van der Waals surface area contributed by atoms with E-state index in [1.165, 1.54) is 24.8 Å². The van der Waals surface area contributed by atoms with Crippen LogP contribution in [-0.2, 0) is 0 Å². The van der Waals surface area contributed by atoms with Crippen molar-refractivity contribution in [1.29, 1.82) is 0 Å². The lowest BCUT2D eigenvalue weighted by molar-refractivity contribution is 0.368. The Morgan fingerprint density at radius 1 is 1.11 bits per heavy atom. The Kier molecular flexibility index (Phi) is 6.81. The molecule has 2 heteroatoms. The summed E-state index contributed by atoms with van der Waals surface area (Å²) in [5.41, 5.74) is 1.28. The molecule has 0 saturated carbocycles. The number of nitrogens with one attached hydrogen (secondary N) is 1. The average molecular weight is 249 g/mol. The van der Waals surface area contributed by atoms with Gasteiger partial charge in [-0.1, -0.05) is 45.4 Å². The van der Waals surface area contributed by atoms with Crippen LogP contribution in [0.2, 0.25) is 0 Å². The third kappa shape index (κ3) is 4.02. The molecular formula is C16H27NO. The third-order valence-corrected chi connectivity index (χ3v) is 3.49. The molecule has 0 heterocycles. The Bertz CT molecular complexity index is 338. The molecule has 102 valence electrons. The van der Waals surface area contributed by atoms with E-state index in [2.05, 4.69) is 38.2 Å². The summed E-state index contributed by atoms with van der Waals surface area (Å²) in [6.45, 7) is 6.72. The monoisotopic (exact) mass is 249 g/mol. The van der Waals surface area contributed by atoms with Crippen molar-refractivity contribution in [3.05, 3.63) is 29.8 Å². The third-order valence-electron chi connectivity index (χ3n) is 3.49. The zero-order valence-corrected chi connectivity index (χ0v) is 12.2. The zero-order valence-electron chi connectivity index (χ0n) is 12.2. The summed E-state index contributed by atoms with van der Waals surface area (Å²) in [6, 6.07) is 9.31. The van der Waals surface area contributed by atoms with Crippen molar-refractivity contribution < 1.29 is 4.74 Å². The van der Waals surface area contributed by atoms with Crippen LogP contribution in [0.5, 0.6) is 5.75 Å². The van der Waals surface area contributed by atoms with Gasteiger partial charge in [0.1, 0.15) is 5.75 Å². The standard InChI is InChI=1S/C16H27NO/c1-5-10-13(6-2)17-15(7-3)14-11-8-9-12-16(14)18-4/h8-9,11-13,15,17H,5-7,10H2,1-4H3. The van der Waals surface area contributed by atoms with Gasteiger partial charge in [0.05, 0.1) is 7.11 Å². The van der Waals surface area contributed by atoms with Crippen molar-refractivity contribution in [1.82, 2.24) is 5.32 Å². The van der Waals surface area contributed by atoms with Crippen LogP contribution < -0.4 is 10.1 Å². The maximum Gasteiger partial charge on any atom is 0.123 e. The molecule has 0 bridgehead atoms. The van der Waals surface area contributed by atoms with Gasteiger partial charge in [0.25, 0.3) is 0 Å². The van der Waals surface area contributed by atoms with Crippen LogP contribution in [0.15, 0.2) is 24.3 Å². The second-order valence-corrected chi connectivity index (χ2v) is 4.76. The lowest BCUT2D eigenvalue weighted by atomic mass is 10.0. The van der Waals surface area contributed by atoms with Crippen molar-refractivity contribution in [3.8, 4) is 5.75 Å². The second-order valence-electron chi connectivity index (χ2n) is 4.76. The van der Waals surface area contributed by atoms with E-state index in [0.717, 1.165) is 12.2 Å². The number of hydrogen-bond acceptors (Lipinski definition) is 2. The van der Waals surface area contributed by atoms with Crippen molar-refractivity contribution in [2.45, 2.75) is 58.5 Å². The molecule has 0 fully saturated rings. The highest BCUT2D eigenvalue weighted by molar-refractivity contribution is 5.35. The van der Waals surface area contributed by atoms with Crippen LogP contribution in [0.25, 0.3) is 0 Å². The maximum absolute atomic E-state index is 5.46. The summed E-state index contributed by atoms with van der Waals surface area (Å²) in [6.07, 6.45) is 4.73. The summed E-state index contributed by atoms with van der Waals surface area (Å²) < 4.78 is 5.46. The van der Waals surface area contributed by atoms with E-state index in [0.29, 0.717) is 12.1 Å². The molecule has 0 aliphatic carbocycles. The molecule has 2 atom stereocenters. The van der Waals surface area contributed by atoms with Crippen LogP contribution in [0, 0.1) is 0 Å². The lowest BCUT2D eigenvalue weighted by Gasteiger charge is -2.25. The van der Waals surface area contributed by atoms with Gasteiger partial charge in [0.15, 0.2) is 0 Å². The van der Waals surface area contributed by atoms with E-state index in [-0.39, 0.29) is 0 Å². The molecule has 0 aliphatic heterocycles. The fraction of sp³-hybridized carbons (Fsp3) is 0.625. The molecular weight excluding hydrogens is 222 g/mol. The Balaban J connectivity index is 2.81. The van der Waals surface area contributed by atoms with Crippen molar-refractivity contribution in [2.24, 2.45) is 0 Å². The molecule has 0 amide bonds. The first-order valence-corrected chi connectivity index (χ1v) is 7.15. The molecule has 18 heavy (non-hydrogen) atoms. The number of rotatable bonds is 8. The fourth-order valence-electron chi connectivity index (χ4n) is 2.42. The quantitative estimate of drug-likeness (QED) is 0.741. The molecule has 0 aromatic heterocycles. The molecule has 2 unspecified atom stereocenters. The molecule has 1 aromatic carbocycles. The first-order valence-electron chi connectivity index (χ1n) is 7.15. The van der Waals surface area contributed by atoms with Gasteiger partial charge < -0.3 is 10.1 Å². The van der Waals surface area contributed by atoms with Gasteiger partial charge in [0, 0.05) is 17.6 Å². The van der Waals surface area contributed by atoms with Gasteiger partial charge in [-0.25, -0.2) is 0 Å². The minimum atomic E-state index is 0.387. The lowest BCUT2D eigenvalue weighted by Crippen LogP contribution is -2.32. The van der Waals surface area contributed by atoms with E-state index in [9.17, 15) is 0 Å². The van der Waals surface area contributed by atoms with E-state index in [4.69, 9.17) is 4.74 Å². The topological polar surface area (TPSA) is 21.3 Å². The summed E-state index contributed by atoms with van der Waals surface area (Å²) in [5.74, 6) is 0.989. The minimum Gasteiger partial charge on any atom is -0.496 e. The van der Waals surface area contributed by atoms with Crippen molar-refractivity contribution in [2.75, 3.05) is 7.11 Å². The molecule has 0 radical (unpaired) electrons. The molecule has 0 spiro atoms. The summed E-state index contributed by atoms with van der Waals surface area (Å²) in [4.78, 5) is 0. The smallest absolute Gasteiger partial charge is 0.123 e. The minimum absolute atomic E-state index is 0.387. The first kappa shape index (κ1) is 15.0. The normalized spacial score (nSPS) is 14.2. The van der Waals surface area contributed by atoms with Crippen LogP contribution in [0.3, 0.4) is 0 Å². The van der Waals surface area contributed by atoms with Crippen molar-refractivity contribution >= 4 is 0 Å². The Labute approximate surface area is 112 Å². The molecule has 1 aromatic rings. The van der Waals surface area contributed by atoms with E-state index < -0.39 is 0 Å². The van der Waals surface area contributed by atoms with Gasteiger partial charge >= 0.3 is 0 Å². The summed E-state index contributed by atoms with van der Waals surface area (Å²) in [7, 11) is 1.74. The van der Waals surface area contributed by atoms with Crippen LogP contribution in [0.1, 0.15) is 58.1 Å². The van der Waals surface area contributed by atoms with Gasteiger partial charge in [-0.3, -0.25) is 0 Å². The highest BCUT2D eigenvalue weighted by atomic mass is 16.5. The Morgan fingerprint density at radius 2 is 1.83 bits per heavy atom. The van der Waals surface area contributed by atoms with E-state index in [1.54, 1.807) is 7.11 Å². The summed E-state index contributed by atoms with van der Waals surface area (Å²) in [5, 5.41) is 3.77. The van der Waals surface area contributed by atoms with E-state index in [1.807, 2.05) is 12.1 Å². The predicted octanol–water partition coefficient (Wildman–Crippen LogP) is 4.31. The van der Waals surface area contributed by atoms with Crippen LogP contribution in [0.4, 0.5) is 0 Å². The summed E-state index contributed by atoms with van der Waals surface area (Å²) >= 11 is 0. The van der Waals surface area contributed by atoms with Crippen LogP contribution >= 0.6 is 0 Å². The highest BCUT2D eigenvalue weighted by Gasteiger charge is 2.16. The predicted molar refractivity (Wildman–Crippen MR) is 78.1 cm³/mol. The molecule has 2 nitrogen and oxygen atoms in total. The largest absolute Gasteiger partial charge is 0.496 e. The highest BCUT2D eigenvalue weighted by Crippen LogP contribution is 2.27. The fourth-order valence-corrected chi connectivity index (χ4v) is 2.42. The Hall–Kier alpha value is -1.02. The number of ether oxygens (including phenoxy) is 1. The van der Waals surface area contributed by atoms with Gasteiger partial charge in [0.2, 0.25) is 0 Å². The molecule has 0 saturated heterocycles. The number of para-hydroxylation sites is 1. The second kappa shape index (κ2) is 8.15. The zero-order chi connectivity index (χ0) is 13.4. The molecule has 0 aliphatic rings. The maximum atomic E-state index is 5.46. The Morgan fingerprint density at radius 3 is 2.39 bits per heavy atom. The number of hydrogen-bond donors (Lipinski definition) is 1. The molecule has 1 N–H and O–H groups in total. The SMILES string of the molecule is CCCC(CC)NC(CC)c1ccccc1OC. The molecule has 1 rings (SSSR count). The average Bonchev–Trinajstić information content (AvgIpc) is 2.43. The van der Waals surface area contributed by atoms with Gasteiger partial charge in [-0.2, -0.15) is 0 Å².